The standard InChI is InChI=1S/C14H16N2O4/c1-3-20-13(18)12(17)10-4-6-11(7-5-10)16-9-8-15(2)14(16)19/h4-7H,3,8-9H2,1-2H3. The molecule has 0 saturated carbocycles. The van der Waals surface area contributed by atoms with Crippen molar-refractivity contribution >= 4 is 23.5 Å². The number of Topliss-reactive ketones (excluding diaryl/α,β-unsaturated/α-hetero) is 1. The second-order valence-electron chi connectivity index (χ2n) is 4.45. The van der Waals surface area contributed by atoms with E-state index in [1.54, 1.807) is 35.9 Å². The van der Waals surface area contributed by atoms with Gasteiger partial charge in [0, 0.05) is 31.4 Å². The topological polar surface area (TPSA) is 66.9 Å². The van der Waals surface area contributed by atoms with Gasteiger partial charge >= 0.3 is 12.0 Å². The molecule has 0 bridgehead atoms. The molecule has 0 aliphatic carbocycles. The molecular weight excluding hydrogens is 260 g/mol. The Morgan fingerprint density at radius 3 is 2.35 bits per heavy atom. The Balaban J connectivity index is 2.13. The molecule has 6 heteroatoms. The number of ketones is 1. The third-order valence-electron chi connectivity index (χ3n) is 3.12. The summed E-state index contributed by atoms with van der Waals surface area (Å²) in [6.45, 7) is 3.09. The van der Waals surface area contributed by atoms with Gasteiger partial charge in [-0.25, -0.2) is 9.59 Å². The van der Waals surface area contributed by atoms with E-state index in [4.69, 9.17) is 0 Å². The fraction of sp³-hybridized carbons (Fsp3) is 0.357. The van der Waals surface area contributed by atoms with E-state index in [-0.39, 0.29) is 18.2 Å². The van der Waals surface area contributed by atoms with Crippen molar-refractivity contribution in [2.45, 2.75) is 6.92 Å². The molecule has 1 aliphatic rings. The lowest BCUT2D eigenvalue weighted by Gasteiger charge is -2.16. The first-order chi connectivity index (χ1) is 9.54. The van der Waals surface area contributed by atoms with Gasteiger partial charge < -0.3 is 9.64 Å². The van der Waals surface area contributed by atoms with E-state index in [1.165, 1.54) is 12.1 Å². The number of nitrogens with zero attached hydrogens (tertiary/aromatic N) is 2. The molecule has 2 rings (SSSR count). The quantitative estimate of drug-likeness (QED) is 0.472. The minimum absolute atomic E-state index is 0.0746. The van der Waals surface area contributed by atoms with Gasteiger partial charge in [0.05, 0.1) is 6.61 Å². The summed E-state index contributed by atoms with van der Waals surface area (Å²) in [6, 6.07) is 6.29. The molecule has 20 heavy (non-hydrogen) atoms. The second-order valence-corrected chi connectivity index (χ2v) is 4.45. The lowest BCUT2D eigenvalue weighted by molar-refractivity contribution is -0.137. The number of benzene rings is 1. The number of urea groups is 1. The van der Waals surface area contributed by atoms with Crippen LogP contribution in [0, 0.1) is 0 Å². The van der Waals surface area contributed by atoms with Crippen molar-refractivity contribution < 1.29 is 19.1 Å². The molecule has 0 atom stereocenters. The van der Waals surface area contributed by atoms with Crippen molar-refractivity contribution in [1.29, 1.82) is 0 Å². The maximum atomic E-state index is 11.8. The van der Waals surface area contributed by atoms with Crippen molar-refractivity contribution in [3.8, 4) is 0 Å². The van der Waals surface area contributed by atoms with E-state index >= 15 is 0 Å². The fourth-order valence-corrected chi connectivity index (χ4v) is 1.99. The summed E-state index contributed by atoms with van der Waals surface area (Å²) < 4.78 is 4.66. The van der Waals surface area contributed by atoms with Gasteiger partial charge in [0.15, 0.2) is 0 Å². The molecule has 0 radical (unpaired) electrons. The Bertz CT molecular complexity index is 539. The third-order valence-corrected chi connectivity index (χ3v) is 3.12. The third kappa shape index (κ3) is 2.64. The van der Waals surface area contributed by atoms with E-state index in [1.807, 2.05) is 0 Å². The molecule has 1 fully saturated rings. The first-order valence-corrected chi connectivity index (χ1v) is 6.38. The molecule has 0 spiro atoms. The van der Waals surface area contributed by atoms with Crippen molar-refractivity contribution in [1.82, 2.24) is 4.90 Å². The largest absolute Gasteiger partial charge is 0.460 e. The molecule has 1 aromatic carbocycles. The number of anilines is 1. The van der Waals surface area contributed by atoms with Gasteiger partial charge in [-0.05, 0) is 31.2 Å². The van der Waals surface area contributed by atoms with Gasteiger partial charge in [-0.15, -0.1) is 0 Å². The molecule has 0 N–H and O–H groups in total. The molecular formula is C14H16N2O4. The lowest BCUT2D eigenvalue weighted by Crippen LogP contribution is -2.29. The molecule has 0 aromatic heterocycles. The predicted octanol–water partition coefficient (Wildman–Crippen LogP) is 1.30. The molecule has 1 heterocycles. The van der Waals surface area contributed by atoms with Gasteiger partial charge in [-0.1, -0.05) is 0 Å². The zero-order valence-electron chi connectivity index (χ0n) is 11.5. The van der Waals surface area contributed by atoms with Crippen LogP contribution in [0.4, 0.5) is 10.5 Å². The lowest BCUT2D eigenvalue weighted by atomic mass is 10.1. The summed E-state index contributed by atoms with van der Waals surface area (Å²) in [5.74, 6) is -1.54. The molecule has 2 amide bonds. The number of amides is 2. The van der Waals surface area contributed by atoms with E-state index in [0.717, 1.165) is 0 Å². The molecule has 1 aliphatic heterocycles. The van der Waals surface area contributed by atoms with Gasteiger partial charge in [0.2, 0.25) is 0 Å². The minimum atomic E-state index is -0.864. The number of likely N-dealkylation sites (N-methyl/N-ethyl adjacent to an activating group) is 1. The highest BCUT2D eigenvalue weighted by molar-refractivity contribution is 6.40. The summed E-state index contributed by atoms with van der Waals surface area (Å²) in [6.07, 6.45) is 0. The molecule has 106 valence electrons. The highest BCUT2D eigenvalue weighted by atomic mass is 16.5. The smallest absolute Gasteiger partial charge is 0.379 e. The summed E-state index contributed by atoms with van der Waals surface area (Å²) in [5, 5.41) is 0. The van der Waals surface area contributed by atoms with Gasteiger partial charge in [0.25, 0.3) is 5.78 Å². The van der Waals surface area contributed by atoms with Crippen molar-refractivity contribution in [3.05, 3.63) is 29.8 Å². The van der Waals surface area contributed by atoms with E-state index < -0.39 is 11.8 Å². The Labute approximate surface area is 116 Å². The van der Waals surface area contributed by atoms with E-state index in [9.17, 15) is 14.4 Å². The normalized spacial score (nSPS) is 14.6. The summed E-state index contributed by atoms with van der Waals surface area (Å²) in [5.41, 5.74) is 0.965. The maximum absolute atomic E-state index is 11.8. The van der Waals surface area contributed by atoms with Crippen LogP contribution in [0.25, 0.3) is 0 Å². The number of esters is 1. The predicted molar refractivity (Wildman–Crippen MR) is 72.8 cm³/mol. The average molecular weight is 276 g/mol. The zero-order chi connectivity index (χ0) is 14.7. The minimum Gasteiger partial charge on any atom is -0.460 e. The number of hydrogen-bond donors (Lipinski definition) is 0. The van der Waals surface area contributed by atoms with Crippen molar-refractivity contribution in [3.63, 3.8) is 0 Å². The number of carbonyl (C=O) groups excluding carboxylic acids is 3. The molecule has 0 unspecified atom stereocenters. The number of ether oxygens (including phenoxy) is 1. The first-order valence-electron chi connectivity index (χ1n) is 6.38. The van der Waals surface area contributed by atoms with Crippen LogP contribution in [0.5, 0.6) is 0 Å². The highest BCUT2D eigenvalue weighted by Crippen LogP contribution is 2.20. The van der Waals surface area contributed by atoms with Crippen LogP contribution in [0.1, 0.15) is 17.3 Å². The summed E-state index contributed by atoms with van der Waals surface area (Å²) in [7, 11) is 1.74. The van der Waals surface area contributed by atoms with Crippen molar-refractivity contribution in [2.75, 3.05) is 31.6 Å². The molecule has 6 nitrogen and oxygen atoms in total. The summed E-state index contributed by atoms with van der Waals surface area (Å²) in [4.78, 5) is 38.1. The van der Waals surface area contributed by atoms with E-state index in [2.05, 4.69) is 4.74 Å². The van der Waals surface area contributed by atoms with Crippen LogP contribution in [0.3, 0.4) is 0 Å². The second kappa shape index (κ2) is 5.73. The zero-order valence-corrected chi connectivity index (χ0v) is 11.5. The number of carbonyl (C=O) groups is 3. The monoisotopic (exact) mass is 276 g/mol. The highest BCUT2D eigenvalue weighted by Gasteiger charge is 2.26. The molecule has 1 aromatic rings. The van der Waals surface area contributed by atoms with Crippen LogP contribution in [0.15, 0.2) is 24.3 Å². The Kier molecular flexibility index (Phi) is 4.02. The molecule has 1 saturated heterocycles. The van der Waals surface area contributed by atoms with Crippen LogP contribution < -0.4 is 4.90 Å². The average Bonchev–Trinajstić information content (AvgIpc) is 2.79. The number of hydrogen-bond acceptors (Lipinski definition) is 4. The Morgan fingerprint density at radius 1 is 1.20 bits per heavy atom. The van der Waals surface area contributed by atoms with Gasteiger partial charge in [-0.3, -0.25) is 9.69 Å². The number of rotatable bonds is 4. The van der Waals surface area contributed by atoms with Crippen LogP contribution in [-0.4, -0.2) is 49.4 Å². The fourth-order valence-electron chi connectivity index (χ4n) is 1.99. The van der Waals surface area contributed by atoms with Crippen molar-refractivity contribution in [2.24, 2.45) is 0 Å². The van der Waals surface area contributed by atoms with Gasteiger partial charge in [0.1, 0.15) is 0 Å². The Morgan fingerprint density at radius 2 is 1.85 bits per heavy atom. The van der Waals surface area contributed by atoms with Crippen LogP contribution >= 0.6 is 0 Å². The van der Waals surface area contributed by atoms with Crippen LogP contribution in [-0.2, 0) is 9.53 Å². The van der Waals surface area contributed by atoms with Gasteiger partial charge in [-0.2, -0.15) is 0 Å². The van der Waals surface area contributed by atoms with Crippen LogP contribution in [0.2, 0.25) is 0 Å². The SMILES string of the molecule is CCOC(=O)C(=O)c1ccc(N2CCN(C)C2=O)cc1. The summed E-state index contributed by atoms with van der Waals surface area (Å²) >= 11 is 0. The van der Waals surface area contributed by atoms with E-state index in [0.29, 0.717) is 18.8 Å². The Hall–Kier alpha value is -2.37. The maximum Gasteiger partial charge on any atom is 0.379 e. The first kappa shape index (κ1) is 14.0.